The van der Waals surface area contributed by atoms with E-state index in [1.54, 1.807) is 28.4 Å². The Morgan fingerprint density at radius 3 is 1.86 bits per heavy atom. The molecule has 0 aromatic heterocycles. The molecule has 2 heterocycles. The van der Waals surface area contributed by atoms with Crippen LogP contribution in [-0.2, 0) is 17.8 Å². The van der Waals surface area contributed by atoms with Crippen molar-refractivity contribution in [2.45, 2.75) is 31.8 Å². The monoisotopic (exact) mass is 573 g/mol. The van der Waals surface area contributed by atoms with E-state index in [1.807, 2.05) is 0 Å². The summed E-state index contributed by atoms with van der Waals surface area (Å²) in [6.07, 6.45) is 5.90. The minimum atomic E-state index is -1.06. The van der Waals surface area contributed by atoms with Gasteiger partial charge in [0.25, 0.3) is 0 Å². The topological polar surface area (TPSA) is 118 Å². The molecular weight excluding hydrogens is 538 g/mol. The molecule has 9 nitrogen and oxygen atoms in total. The molecule has 220 valence electrons. The van der Waals surface area contributed by atoms with Gasteiger partial charge in [0.1, 0.15) is 0 Å². The molecule has 1 unspecified atom stereocenters. The molecule has 0 spiro atoms. The van der Waals surface area contributed by atoms with Crippen LogP contribution in [-0.4, -0.2) is 67.2 Å². The first kappa shape index (κ1) is 28.9. The van der Waals surface area contributed by atoms with Crippen LogP contribution in [0.15, 0.2) is 48.5 Å². The molecule has 0 radical (unpaired) electrons. The number of rotatable bonds is 6. The number of nitrogens with zero attached hydrogens (tertiary/aromatic N) is 1. The number of phenolic OH excluding ortho intramolecular Hbond substituents is 2. The molecule has 0 aliphatic carbocycles. The number of aromatic hydroxyl groups is 2. The van der Waals surface area contributed by atoms with E-state index in [-0.39, 0.29) is 11.5 Å². The number of benzene rings is 4. The fraction of sp³-hybridized carbons (Fsp3) is 0.303. The number of phenols is 2. The predicted octanol–water partition coefficient (Wildman–Crippen LogP) is 5.74. The van der Waals surface area contributed by atoms with Crippen molar-refractivity contribution in [2.24, 2.45) is 0 Å². The normalized spacial score (nSPS) is 16.0. The van der Waals surface area contributed by atoms with Crippen LogP contribution < -0.4 is 18.9 Å². The largest absolute Gasteiger partial charge is 0.504 e. The number of hydrogen-bond donors (Lipinski definition) is 3. The minimum Gasteiger partial charge on any atom is -0.504 e. The van der Waals surface area contributed by atoms with E-state index >= 15 is 0 Å². The van der Waals surface area contributed by atoms with E-state index in [1.165, 1.54) is 70.9 Å². The number of carbonyl (C=O) groups is 1. The van der Waals surface area contributed by atoms with E-state index in [0.29, 0.717) is 11.6 Å². The van der Waals surface area contributed by atoms with Crippen LogP contribution in [0.25, 0.3) is 27.6 Å². The van der Waals surface area contributed by atoms with E-state index in [4.69, 9.17) is 34.3 Å². The Labute approximate surface area is 244 Å². The average Bonchev–Trinajstić information content (AvgIpc) is 3.47. The second kappa shape index (κ2) is 12.1. The van der Waals surface area contributed by atoms with E-state index in [2.05, 4.69) is 29.2 Å². The molecule has 4 aromatic carbocycles. The first-order valence-corrected chi connectivity index (χ1v) is 13.7. The molecule has 4 aromatic rings. The number of ether oxygens (including phenoxy) is 4. The quantitative estimate of drug-likeness (QED) is 0.151. The molecule has 0 saturated carbocycles. The Hall–Kier alpha value is -4.63. The molecule has 1 saturated heterocycles. The van der Waals surface area contributed by atoms with Crippen molar-refractivity contribution in [3.8, 4) is 34.5 Å². The smallest absolute Gasteiger partial charge is 0.328 e. The highest BCUT2D eigenvalue weighted by Crippen LogP contribution is 2.46. The molecular formula is C33H35NO8. The number of carboxylic acids is 1. The third-order valence-corrected chi connectivity index (χ3v) is 8.07. The van der Waals surface area contributed by atoms with E-state index < -0.39 is 5.97 Å². The molecule has 1 atom stereocenters. The molecule has 0 bridgehead atoms. The number of fused-ring (bicyclic) bond motifs is 7. The summed E-state index contributed by atoms with van der Waals surface area (Å²) in [6, 6.07) is 13.2. The lowest BCUT2D eigenvalue weighted by Gasteiger charge is -2.33. The van der Waals surface area contributed by atoms with Crippen molar-refractivity contribution in [1.82, 2.24) is 4.90 Å². The summed E-state index contributed by atoms with van der Waals surface area (Å²) in [5.41, 5.74) is 3.35. The Morgan fingerprint density at radius 1 is 0.786 bits per heavy atom. The van der Waals surface area contributed by atoms with Crippen LogP contribution in [0.3, 0.4) is 0 Å². The highest BCUT2D eigenvalue weighted by atomic mass is 16.5. The fourth-order valence-corrected chi connectivity index (χ4v) is 6.03. The third-order valence-electron chi connectivity index (χ3n) is 8.07. The lowest BCUT2D eigenvalue weighted by atomic mass is 9.85. The second-order valence-corrected chi connectivity index (χ2v) is 10.4. The first-order valence-electron chi connectivity index (χ1n) is 13.7. The van der Waals surface area contributed by atoms with Crippen molar-refractivity contribution < 1.29 is 39.1 Å². The summed E-state index contributed by atoms with van der Waals surface area (Å²) in [6.45, 7) is 2.17. The van der Waals surface area contributed by atoms with Crippen LogP contribution in [0.1, 0.15) is 29.5 Å². The van der Waals surface area contributed by atoms with Crippen LogP contribution in [0, 0.1) is 0 Å². The third kappa shape index (κ3) is 5.47. The lowest BCUT2D eigenvalue weighted by Crippen LogP contribution is -2.35. The van der Waals surface area contributed by atoms with Crippen LogP contribution >= 0.6 is 0 Å². The van der Waals surface area contributed by atoms with Crippen molar-refractivity contribution in [1.29, 1.82) is 0 Å². The zero-order valence-corrected chi connectivity index (χ0v) is 24.1. The summed E-state index contributed by atoms with van der Waals surface area (Å²) < 4.78 is 22.5. The van der Waals surface area contributed by atoms with Crippen LogP contribution in [0.4, 0.5) is 0 Å². The van der Waals surface area contributed by atoms with Crippen molar-refractivity contribution in [3.05, 3.63) is 65.2 Å². The lowest BCUT2D eigenvalue weighted by molar-refractivity contribution is -0.131. The Balaban J connectivity index is 0.000000229. The van der Waals surface area contributed by atoms with Gasteiger partial charge in [0.2, 0.25) is 0 Å². The summed E-state index contributed by atoms with van der Waals surface area (Å²) in [5, 5.41) is 31.1. The van der Waals surface area contributed by atoms with Gasteiger partial charge in [-0.25, -0.2) is 4.79 Å². The summed E-state index contributed by atoms with van der Waals surface area (Å²) >= 11 is 0. The van der Waals surface area contributed by atoms with E-state index in [9.17, 15) is 4.79 Å². The Bertz CT molecular complexity index is 1590. The Kier molecular flexibility index (Phi) is 8.31. The Morgan fingerprint density at radius 2 is 1.33 bits per heavy atom. The molecule has 3 N–H and O–H groups in total. The zero-order chi connectivity index (χ0) is 30.0. The van der Waals surface area contributed by atoms with Crippen LogP contribution in [0.2, 0.25) is 0 Å². The summed E-state index contributed by atoms with van der Waals surface area (Å²) in [7, 11) is 6.76. The van der Waals surface area contributed by atoms with Gasteiger partial charge in [-0.05, 0) is 107 Å². The van der Waals surface area contributed by atoms with E-state index in [0.717, 1.165) is 47.4 Å². The molecule has 6 rings (SSSR count). The molecule has 9 heteroatoms. The fourth-order valence-electron chi connectivity index (χ4n) is 6.03. The minimum absolute atomic E-state index is 0.229. The standard InChI is InChI=1S/C24H27NO4.C9H8O4/c1-26-21-9-16-15-8-14-6-5-7-25(14)13-20(15)19-12-24(29-4)23(28-3)11-18(19)17(16)10-22(21)27-2;10-7-3-1-6(5-8(7)11)2-4-9(12)13/h9-12,14H,5-8,13H2,1-4H3;1-5,10-11H,(H,12,13)/b;4-2+. The molecule has 1 fully saturated rings. The number of carboxylic acid groups (broad SMARTS) is 1. The number of methoxy groups -OCH3 is 4. The molecule has 2 aliphatic heterocycles. The van der Waals surface area contributed by atoms with Crippen molar-refractivity contribution in [3.63, 3.8) is 0 Å². The van der Waals surface area contributed by atoms with Gasteiger partial charge in [-0.15, -0.1) is 0 Å². The first-order chi connectivity index (χ1) is 20.3. The van der Waals surface area contributed by atoms with Gasteiger partial charge in [0, 0.05) is 18.7 Å². The van der Waals surface area contributed by atoms with Crippen LogP contribution in [0.5, 0.6) is 34.5 Å². The predicted molar refractivity (Wildman–Crippen MR) is 161 cm³/mol. The van der Waals surface area contributed by atoms with Gasteiger partial charge >= 0.3 is 5.97 Å². The molecule has 42 heavy (non-hydrogen) atoms. The highest BCUT2D eigenvalue weighted by Gasteiger charge is 2.33. The molecule has 0 amide bonds. The average molecular weight is 574 g/mol. The summed E-state index contributed by atoms with van der Waals surface area (Å²) in [5.74, 6) is 1.47. The number of aliphatic carboxylic acids is 1. The van der Waals surface area contributed by atoms with Gasteiger partial charge in [-0.1, -0.05) is 6.07 Å². The van der Waals surface area contributed by atoms with Crippen molar-refractivity contribution >= 4 is 33.6 Å². The van der Waals surface area contributed by atoms with Gasteiger partial charge < -0.3 is 34.3 Å². The van der Waals surface area contributed by atoms with Gasteiger partial charge in [0.15, 0.2) is 34.5 Å². The second-order valence-electron chi connectivity index (χ2n) is 10.4. The maximum Gasteiger partial charge on any atom is 0.328 e. The zero-order valence-electron chi connectivity index (χ0n) is 24.1. The summed E-state index contributed by atoms with van der Waals surface area (Å²) in [4.78, 5) is 12.8. The number of hydrogen-bond acceptors (Lipinski definition) is 8. The maximum absolute atomic E-state index is 10.1. The van der Waals surface area contributed by atoms with Gasteiger partial charge in [0.05, 0.1) is 28.4 Å². The SMILES string of the molecule is COc1cc2c3c(c4cc(OC)c(OC)cc4c2cc1OC)CN1CCCC1C3.O=C(O)/C=C/c1ccc(O)c(O)c1. The van der Waals surface area contributed by atoms with Gasteiger partial charge in [-0.3, -0.25) is 4.90 Å². The maximum atomic E-state index is 10.1. The van der Waals surface area contributed by atoms with Gasteiger partial charge in [-0.2, -0.15) is 0 Å². The van der Waals surface area contributed by atoms with Crippen molar-refractivity contribution in [2.75, 3.05) is 35.0 Å². The molecule has 2 aliphatic rings. The highest BCUT2D eigenvalue weighted by molar-refractivity contribution is 6.13.